The fourth-order valence-corrected chi connectivity index (χ4v) is 3.57. The van der Waals surface area contributed by atoms with Crippen molar-refractivity contribution < 1.29 is 8.42 Å². The third-order valence-electron chi connectivity index (χ3n) is 2.40. The molecule has 0 bridgehead atoms. The number of rotatable bonds is 4. The van der Waals surface area contributed by atoms with Crippen LogP contribution in [0.25, 0.3) is 0 Å². The number of nitrogens with zero attached hydrogens (tertiary/aromatic N) is 1. The van der Waals surface area contributed by atoms with Crippen molar-refractivity contribution in [3.63, 3.8) is 0 Å². The predicted molar refractivity (Wildman–Crippen MR) is 75.5 cm³/mol. The Morgan fingerprint density at radius 3 is 2.53 bits per heavy atom. The molecule has 2 rings (SSSR count). The molecule has 2 aromatic rings. The number of anilines is 1. The molecule has 1 aromatic carbocycles. The molecule has 1 heterocycles. The van der Waals surface area contributed by atoms with Crippen LogP contribution >= 0.6 is 11.8 Å². The monoisotopic (exact) mass is 295 g/mol. The largest absolute Gasteiger partial charge is 0.399 e. The number of benzene rings is 1. The van der Waals surface area contributed by atoms with Crippen molar-refractivity contribution in [2.45, 2.75) is 14.7 Å². The van der Waals surface area contributed by atoms with Crippen molar-refractivity contribution in [3.05, 3.63) is 42.7 Å². The van der Waals surface area contributed by atoms with Gasteiger partial charge >= 0.3 is 0 Å². The van der Waals surface area contributed by atoms with Gasteiger partial charge in [-0.3, -0.25) is 4.98 Å². The Balaban J connectivity index is 2.47. The van der Waals surface area contributed by atoms with Gasteiger partial charge < -0.3 is 5.73 Å². The molecule has 0 amide bonds. The molecule has 0 radical (unpaired) electrons. The Morgan fingerprint density at radius 1 is 1.21 bits per heavy atom. The van der Waals surface area contributed by atoms with Crippen molar-refractivity contribution in [2.24, 2.45) is 0 Å². The average molecular weight is 295 g/mol. The van der Waals surface area contributed by atoms with E-state index in [1.54, 1.807) is 24.5 Å². The highest BCUT2D eigenvalue weighted by molar-refractivity contribution is 8.00. The predicted octanol–water partition coefficient (Wildman–Crippen LogP) is 1.72. The summed E-state index contributed by atoms with van der Waals surface area (Å²) in [5.74, 6) is 0. The second-order valence-electron chi connectivity index (χ2n) is 3.70. The molecule has 0 atom stereocenters. The number of aromatic nitrogens is 1. The molecule has 100 valence electrons. The minimum Gasteiger partial charge on any atom is -0.399 e. The van der Waals surface area contributed by atoms with Crippen LogP contribution < -0.4 is 10.5 Å². The van der Waals surface area contributed by atoms with Crippen LogP contribution in [-0.4, -0.2) is 20.4 Å². The van der Waals surface area contributed by atoms with Crippen LogP contribution in [0.2, 0.25) is 0 Å². The van der Waals surface area contributed by atoms with Gasteiger partial charge in [0.25, 0.3) is 0 Å². The van der Waals surface area contributed by atoms with Crippen molar-refractivity contribution in [1.82, 2.24) is 9.71 Å². The molecule has 0 spiro atoms. The second-order valence-corrected chi connectivity index (χ2v) is 6.67. The molecule has 0 unspecified atom stereocenters. The number of nitrogens with one attached hydrogen (secondary N) is 1. The van der Waals surface area contributed by atoms with E-state index in [1.165, 1.54) is 24.9 Å². The van der Waals surface area contributed by atoms with E-state index in [0.29, 0.717) is 10.6 Å². The summed E-state index contributed by atoms with van der Waals surface area (Å²) in [5, 5.41) is 0. The normalized spacial score (nSPS) is 11.4. The van der Waals surface area contributed by atoms with E-state index in [2.05, 4.69) is 9.71 Å². The average Bonchev–Trinajstić information content (AvgIpc) is 2.42. The van der Waals surface area contributed by atoms with Crippen LogP contribution in [0.3, 0.4) is 0 Å². The Hall–Kier alpha value is -1.57. The number of nitrogen functional groups attached to an aromatic ring is 1. The fourth-order valence-electron chi connectivity index (χ4n) is 1.46. The highest BCUT2D eigenvalue weighted by Gasteiger charge is 2.17. The van der Waals surface area contributed by atoms with Gasteiger partial charge in [0.05, 0.1) is 4.90 Å². The van der Waals surface area contributed by atoms with Gasteiger partial charge in [-0.05, 0) is 37.4 Å². The van der Waals surface area contributed by atoms with Crippen LogP contribution in [-0.2, 0) is 10.0 Å². The van der Waals surface area contributed by atoms with E-state index in [-0.39, 0.29) is 4.90 Å². The van der Waals surface area contributed by atoms with Crippen molar-refractivity contribution in [1.29, 1.82) is 0 Å². The maximum Gasteiger partial charge on any atom is 0.241 e. The van der Waals surface area contributed by atoms with Crippen LogP contribution in [0, 0.1) is 0 Å². The minimum absolute atomic E-state index is 0.178. The lowest BCUT2D eigenvalue weighted by Gasteiger charge is -2.10. The van der Waals surface area contributed by atoms with E-state index in [1.807, 2.05) is 12.1 Å². The lowest BCUT2D eigenvalue weighted by atomic mass is 10.3. The first-order valence-corrected chi connectivity index (χ1v) is 7.74. The Kier molecular flexibility index (Phi) is 4.08. The summed E-state index contributed by atoms with van der Waals surface area (Å²) in [7, 11) is -2.16. The fraction of sp³-hybridized carbons (Fsp3) is 0.0833. The maximum absolute atomic E-state index is 12.0. The zero-order valence-electron chi connectivity index (χ0n) is 10.2. The van der Waals surface area contributed by atoms with Crippen molar-refractivity contribution in [3.8, 4) is 0 Å². The van der Waals surface area contributed by atoms with Gasteiger partial charge in [0.15, 0.2) is 0 Å². The smallest absolute Gasteiger partial charge is 0.241 e. The Bertz CT molecular complexity index is 673. The first kappa shape index (κ1) is 13.9. The number of pyridine rings is 1. The molecule has 0 saturated heterocycles. The highest BCUT2D eigenvalue weighted by Crippen LogP contribution is 2.33. The standard InChI is InChI=1S/C12H13N3O2S2/c1-14-19(16,17)12-8-9(13)2-3-11(12)18-10-4-6-15-7-5-10/h2-8,14H,13H2,1H3. The highest BCUT2D eigenvalue weighted by atomic mass is 32.2. The number of sulfonamides is 1. The van der Waals surface area contributed by atoms with Gasteiger partial charge in [-0.15, -0.1) is 0 Å². The van der Waals surface area contributed by atoms with E-state index in [4.69, 9.17) is 5.73 Å². The third-order valence-corrected chi connectivity index (χ3v) is 5.07. The third kappa shape index (κ3) is 3.25. The van der Waals surface area contributed by atoms with E-state index in [0.717, 1.165) is 4.90 Å². The zero-order valence-corrected chi connectivity index (χ0v) is 11.8. The molecular weight excluding hydrogens is 282 g/mol. The molecule has 19 heavy (non-hydrogen) atoms. The van der Waals surface area contributed by atoms with Crippen LogP contribution in [0.1, 0.15) is 0 Å². The molecule has 0 saturated carbocycles. The summed E-state index contributed by atoms with van der Waals surface area (Å²) in [5.41, 5.74) is 6.07. The molecule has 0 aliphatic carbocycles. The molecule has 1 aromatic heterocycles. The van der Waals surface area contributed by atoms with Gasteiger partial charge in [-0.2, -0.15) is 0 Å². The lowest BCUT2D eigenvalue weighted by molar-refractivity contribution is 0.586. The van der Waals surface area contributed by atoms with E-state index < -0.39 is 10.0 Å². The summed E-state index contributed by atoms with van der Waals surface area (Å²) in [6.45, 7) is 0. The summed E-state index contributed by atoms with van der Waals surface area (Å²) in [4.78, 5) is 5.63. The summed E-state index contributed by atoms with van der Waals surface area (Å²) in [6, 6.07) is 8.46. The van der Waals surface area contributed by atoms with Crippen LogP contribution in [0.15, 0.2) is 57.4 Å². The molecule has 5 nitrogen and oxygen atoms in total. The van der Waals surface area contributed by atoms with Crippen molar-refractivity contribution >= 4 is 27.5 Å². The maximum atomic E-state index is 12.0. The quantitative estimate of drug-likeness (QED) is 0.839. The minimum atomic E-state index is -3.54. The van der Waals surface area contributed by atoms with Gasteiger partial charge in [0.1, 0.15) is 0 Å². The first-order valence-electron chi connectivity index (χ1n) is 5.44. The van der Waals surface area contributed by atoms with E-state index >= 15 is 0 Å². The number of hydrogen-bond acceptors (Lipinski definition) is 5. The number of hydrogen-bond donors (Lipinski definition) is 2. The first-order chi connectivity index (χ1) is 9.03. The van der Waals surface area contributed by atoms with Gasteiger partial charge in [0.2, 0.25) is 10.0 Å². The molecular formula is C12H13N3O2S2. The van der Waals surface area contributed by atoms with Gasteiger partial charge in [-0.1, -0.05) is 11.8 Å². The van der Waals surface area contributed by atoms with Gasteiger partial charge in [-0.25, -0.2) is 13.1 Å². The lowest BCUT2D eigenvalue weighted by Crippen LogP contribution is -2.19. The molecule has 0 aliphatic heterocycles. The number of nitrogens with two attached hydrogens (primary N) is 1. The van der Waals surface area contributed by atoms with E-state index in [9.17, 15) is 8.42 Å². The molecule has 3 N–H and O–H groups in total. The van der Waals surface area contributed by atoms with Gasteiger partial charge in [0, 0.05) is 27.9 Å². The summed E-state index contributed by atoms with van der Waals surface area (Å²) in [6.07, 6.45) is 3.32. The van der Waals surface area contributed by atoms with Crippen LogP contribution in [0.5, 0.6) is 0 Å². The summed E-state index contributed by atoms with van der Waals surface area (Å²) < 4.78 is 26.2. The molecule has 7 heteroatoms. The molecule has 0 fully saturated rings. The summed E-state index contributed by atoms with van der Waals surface area (Å²) >= 11 is 1.35. The topological polar surface area (TPSA) is 85.1 Å². The SMILES string of the molecule is CNS(=O)(=O)c1cc(N)ccc1Sc1ccncc1. The second kappa shape index (κ2) is 5.60. The zero-order chi connectivity index (χ0) is 13.9. The van der Waals surface area contributed by atoms with Crippen LogP contribution in [0.4, 0.5) is 5.69 Å². The Labute approximate surface area is 116 Å². The van der Waals surface area contributed by atoms with Crippen molar-refractivity contribution in [2.75, 3.05) is 12.8 Å². The molecule has 0 aliphatic rings. The Morgan fingerprint density at radius 2 is 1.89 bits per heavy atom.